The van der Waals surface area contributed by atoms with Crippen molar-refractivity contribution in [2.45, 2.75) is 50.7 Å². The van der Waals surface area contributed by atoms with Gasteiger partial charge in [-0.05, 0) is 24.0 Å². The maximum absolute atomic E-state index is 6.30. The zero-order chi connectivity index (χ0) is 17.5. The van der Waals surface area contributed by atoms with Crippen molar-refractivity contribution < 1.29 is 9.47 Å². The van der Waals surface area contributed by atoms with Crippen LogP contribution in [0.3, 0.4) is 0 Å². The van der Waals surface area contributed by atoms with E-state index in [1.54, 1.807) is 0 Å². The summed E-state index contributed by atoms with van der Waals surface area (Å²) in [5.74, 6) is 0. The van der Waals surface area contributed by atoms with Gasteiger partial charge >= 0.3 is 0 Å². The third-order valence-corrected chi connectivity index (χ3v) is 5.03. The van der Waals surface area contributed by atoms with Crippen molar-refractivity contribution in [1.82, 2.24) is 0 Å². The molecule has 2 aromatic carbocycles. The van der Waals surface area contributed by atoms with Crippen LogP contribution >= 0.6 is 0 Å². The zero-order valence-electron chi connectivity index (χ0n) is 15.4. The Labute approximate surface area is 146 Å². The van der Waals surface area contributed by atoms with E-state index < -0.39 is 11.2 Å². The number of hydrogen-bond acceptors (Lipinski definition) is 2. The molecule has 0 aliphatic carbocycles. The lowest BCUT2D eigenvalue weighted by Gasteiger charge is -2.50. The van der Waals surface area contributed by atoms with Crippen molar-refractivity contribution in [1.29, 1.82) is 0 Å². The summed E-state index contributed by atoms with van der Waals surface area (Å²) < 4.78 is 12.6. The first-order valence-electron chi connectivity index (χ1n) is 8.92. The van der Waals surface area contributed by atoms with Crippen molar-refractivity contribution in [3.8, 4) is 0 Å². The lowest BCUT2D eigenvalue weighted by atomic mass is 9.68. The maximum Gasteiger partial charge on any atom is 0.126 e. The minimum Gasteiger partial charge on any atom is -0.370 e. The molecule has 0 aliphatic rings. The van der Waals surface area contributed by atoms with Gasteiger partial charge in [0.2, 0.25) is 0 Å². The molecule has 2 heteroatoms. The number of methoxy groups -OCH3 is 2. The molecule has 24 heavy (non-hydrogen) atoms. The summed E-state index contributed by atoms with van der Waals surface area (Å²) in [6.07, 6.45) is 3.83. The highest BCUT2D eigenvalue weighted by Crippen LogP contribution is 2.51. The van der Waals surface area contributed by atoms with E-state index in [2.05, 4.69) is 62.4 Å². The van der Waals surface area contributed by atoms with E-state index in [0.717, 1.165) is 25.7 Å². The Hall–Kier alpha value is -1.64. The van der Waals surface area contributed by atoms with E-state index >= 15 is 0 Å². The summed E-state index contributed by atoms with van der Waals surface area (Å²) >= 11 is 0. The standard InChI is InChI=1S/C22H30O2/c1-5-17-21(23-3,19-13-9-7-10-14-19)22(24-4,18-6-2)20-15-11-8-12-16-20/h7-16H,5-6,17-18H2,1-4H3. The van der Waals surface area contributed by atoms with Gasteiger partial charge in [0, 0.05) is 14.2 Å². The van der Waals surface area contributed by atoms with Crippen molar-refractivity contribution in [3.63, 3.8) is 0 Å². The van der Waals surface area contributed by atoms with Gasteiger partial charge in [0.25, 0.3) is 0 Å². The van der Waals surface area contributed by atoms with Crippen LogP contribution in [0.4, 0.5) is 0 Å². The summed E-state index contributed by atoms with van der Waals surface area (Å²) in [4.78, 5) is 0. The van der Waals surface area contributed by atoms with Gasteiger partial charge in [0.15, 0.2) is 0 Å². The molecule has 0 heterocycles. The second-order valence-electron chi connectivity index (χ2n) is 6.29. The predicted molar refractivity (Wildman–Crippen MR) is 100 cm³/mol. The zero-order valence-corrected chi connectivity index (χ0v) is 15.4. The van der Waals surface area contributed by atoms with Crippen LogP contribution in [0.2, 0.25) is 0 Å². The Bertz CT molecular complexity index is 540. The molecule has 0 saturated heterocycles. The minimum absolute atomic E-state index is 0.519. The van der Waals surface area contributed by atoms with E-state index in [1.807, 2.05) is 26.4 Å². The van der Waals surface area contributed by atoms with E-state index in [9.17, 15) is 0 Å². The highest BCUT2D eigenvalue weighted by Gasteiger charge is 2.53. The molecular weight excluding hydrogens is 296 g/mol. The smallest absolute Gasteiger partial charge is 0.126 e. The highest BCUT2D eigenvalue weighted by atomic mass is 16.5. The third kappa shape index (κ3) is 3.13. The molecule has 0 N–H and O–H groups in total. The average molecular weight is 326 g/mol. The summed E-state index contributed by atoms with van der Waals surface area (Å²) in [6, 6.07) is 21.0. The van der Waals surface area contributed by atoms with Crippen molar-refractivity contribution in [2.75, 3.05) is 14.2 Å². The van der Waals surface area contributed by atoms with Crippen LogP contribution in [0.25, 0.3) is 0 Å². The summed E-state index contributed by atoms with van der Waals surface area (Å²) in [7, 11) is 3.63. The molecule has 0 spiro atoms. The van der Waals surface area contributed by atoms with Crippen molar-refractivity contribution in [3.05, 3.63) is 71.8 Å². The van der Waals surface area contributed by atoms with Crippen LogP contribution in [0, 0.1) is 0 Å². The van der Waals surface area contributed by atoms with Gasteiger partial charge in [-0.2, -0.15) is 0 Å². The van der Waals surface area contributed by atoms with E-state index in [4.69, 9.17) is 9.47 Å². The molecule has 130 valence electrons. The lowest BCUT2D eigenvalue weighted by molar-refractivity contribution is -0.208. The number of benzene rings is 2. The normalized spacial score (nSPS) is 16.3. The summed E-state index contributed by atoms with van der Waals surface area (Å²) in [5, 5.41) is 0. The van der Waals surface area contributed by atoms with Crippen LogP contribution in [-0.4, -0.2) is 14.2 Å². The molecule has 2 aromatic rings. The van der Waals surface area contributed by atoms with Gasteiger partial charge < -0.3 is 9.47 Å². The fourth-order valence-electron chi connectivity index (χ4n) is 4.05. The Morgan fingerprint density at radius 3 is 1.21 bits per heavy atom. The van der Waals surface area contributed by atoms with Crippen molar-refractivity contribution in [2.24, 2.45) is 0 Å². The number of rotatable bonds is 9. The molecule has 0 saturated carbocycles. The Morgan fingerprint density at radius 1 is 0.625 bits per heavy atom. The fourth-order valence-corrected chi connectivity index (χ4v) is 4.05. The highest BCUT2D eigenvalue weighted by molar-refractivity contribution is 5.35. The first-order valence-corrected chi connectivity index (χ1v) is 8.92. The fraction of sp³-hybridized carbons (Fsp3) is 0.455. The minimum atomic E-state index is -0.519. The quantitative estimate of drug-likeness (QED) is 0.591. The van der Waals surface area contributed by atoms with Gasteiger partial charge in [-0.25, -0.2) is 0 Å². The molecule has 2 nitrogen and oxygen atoms in total. The van der Waals surface area contributed by atoms with Gasteiger partial charge in [-0.15, -0.1) is 0 Å². The second kappa shape index (κ2) is 8.46. The molecule has 2 rings (SSSR count). The number of hydrogen-bond donors (Lipinski definition) is 0. The Balaban J connectivity index is 2.74. The molecule has 0 radical (unpaired) electrons. The first kappa shape index (κ1) is 18.7. The molecule has 0 fully saturated rings. The van der Waals surface area contributed by atoms with E-state index in [-0.39, 0.29) is 0 Å². The number of ether oxygens (including phenoxy) is 2. The molecule has 0 aromatic heterocycles. The molecule has 0 aliphatic heterocycles. The average Bonchev–Trinajstić information content (AvgIpc) is 2.66. The SMILES string of the molecule is CCCC(OC)(c1ccccc1)C(CCC)(OC)c1ccccc1. The largest absolute Gasteiger partial charge is 0.370 e. The first-order chi connectivity index (χ1) is 11.7. The molecule has 0 amide bonds. The lowest BCUT2D eigenvalue weighted by Crippen LogP contribution is -2.52. The van der Waals surface area contributed by atoms with Crippen molar-refractivity contribution >= 4 is 0 Å². The molecule has 2 unspecified atom stereocenters. The molecule has 2 atom stereocenters. The maximum atomic E-state index is 6.30. The van der Waals surface area contributed by atoms with Crippen LogP contribution in [0.1, 0.15) is 50.7 Å². The van der Waals surface area contributed by atoms with Crippen LogP contribution < -0.4 is 0 Å². The van der Waals surface area contributed by atoms with Crippen LogP contribution in [-0.2, 0) is 20.7 Å². The predicted octanol–water partition coefficient (Wildman–Crippen LogP) is 5.67. The van der Waals surface area contributed by atoms with Gasteiger partial charge in [0.05, 0.1) is 0 Å². The van der Waals surface area contributed by atoms with Gasteiger partial charge in [-0.1, -0.05) is 87.4 Å². The van der Waals surface area contributed by atoms with E-state index in [0.29, 0.717) is 0 Å². The summed E-state index contributed by atoms with van der Waals surface area (Å²) in [5.41, 5.74) is 1.31. The summed E-state index contributed by atoms with van der Waals surface area (Å²) in [6.45, 7) is 4.40. The topological polar surface area (TPSA) is 18.5 Å². The molecular formula is C22H30O2. The monoisotopic (exact) mass is 326 g/mol. The molecule has 0 bridgehead atoms. The van der Waals surface area contributed by atoms with E-state index in [1.165, 1.54) is 11.1 Å². The van der Waals surface area contributed by atoms with Gasteiger partial charge in [-0.3, -0.25) is 0 Å². The van der Waals surface area contributed by atoms with Gasteiger partial charge in [0.1, 0.15) is 11.2 Å². The Morgan fingerprint density at radius 2 is 0.958 bits per heavy atom. The second-order valence-corrected chi connectivity index (χ2v) is 6.29. The van der Waals surface area contributed by atoms with Crippen LogP contribution in [0.5, 0.6) is 0 Å². The Kier molecular flexibility index (Phi) is 6.59. The van der Waals surface area contributed by atoms with Crippen LogP contribution in [0.15, 0.2) is 60.7 Å². The third-order valence-electron chi connectivity index (χ3n) is 5.03.